The molecule has 1 aromatic heterocycles. The molecular weight excluding hydrogens is 188 g/mol. The van der Waals surface area contributed by atoms with Gasteiger partial charge in [0.25, 0.3) is 0 Å². The number of aromatic nitrogens is 2. The number of aryl methyl sites for hydroxylation is 2. The van der Waals surface area contributed by atoms with Crippen molar-refractivity contribution in [2.75, 3.05) is 0 Å². The van der Waals surface area contributed by atoms with E-state index in [1.807, 2.05) is 6.92 Å². The highest BCUT2D eigenvalue weighted by Gasteiger charge is 2.08. The normalized spacial score (nSPS) is 13.2. The van der Waals surface area contributed by atoms with Gasteiger partial charge in [0.05, 0.1) is 6.10 Å². The van der Waals surface area contributed by atoms with Gasteiger partial charge >= 0.3 is 0 Å². The zero-order chi connectivity index (χ0) is 11.4. The highest BCUT2D eigenvalue weighted by molar-refractivity contribution is 5.18. The van der Waals surface area contributed by atoms with Crippen molar-refractivity contribution in [1.29, 1.82) is 0 Å². The highest BCUT2D eigenvalue weighted by atomic mass is 16.3. The van der Waals surface area contributed by atoms with Gasteiger partial charge in [-0.25, -0.2) is 9.97 Å². The van der Waals surface area contributed by atoms with Crippen LogP contribution in [0.1, 0.15) is 50.4 Å². The smallest absolute Gasteiger partial charge is 0.128 e. The SMILES string of the molecule is Cc1nc(CCC(C)C)ncc1[C@@H](C)O. The molecule has 0 saturated heterocycles. The summed E-state index contributed by atoms with van der Waals surface area (Å²) in [4.78, 5) is 8.66. The molecule has 1 aromatic rings. The highest BCUT2D eigenvalue weighted by Crippen LogP contribution is 2.14. The molecule has 1 rings (SSSR count). The lowest BCUT2D eigenvalue weighted by atomic mass is 10.1. The van der Waals surface area contributed by atoms with Gasteiger partial charge in [-0.2, -0.15) is 0 Å². The molecule has 0 aliphatic carbocycles. The van der Waals surface area contributed by atoms with Gasteiger partial charge < -0.3 is 5.11 Å². The molecule has 0 fully saturated rings. The van der Waals surface area contributed by atoms with Crippen molar-refractivity contribution >= 4 is 0 Å². The van der Waals surface area contributed by atoms with Crippen molar-refractivity contribution in [1.82, 2.24) is 9.97 Å². The summed E-state index contributed by atoms with van der Waals surface area (Å²) >= 11 is 0. The van der Waals surface area contributed by atoms with Gasteiger partial charge in [0.1, 0.15) is 5.82 Å². The third-order valence-corrected chi connectivity index (χ3v) is 2.46. The molecule has 3 heteroatoms. The average Bonchev–Trinajstić information content (AvgIpc) is 2.14. The van der Waals surface area contributed by atoms with E-state index < -0.39 is 6.10 Å². The average molecular weight is 208 g/mol. The molecular formula is C12H20N2O. The number of hydrogen-bond acceptors (Lipinski definition) is 3. The molecule has 0 aliphatic heterocycles. The minimum atomic E-state index is -0.482. The molecule has 0 saturated carbocycles. The lowest BCUT2D eigenvalue weighted by Gasteiger charge is -2.09. The first kappa shape index (κ1) is 12.1. The molecule has 0 amide bonds. The van der Waals surface area contributed by atoms with Crippen molar-refractivity contribution in [3.63, 3.8) is 0 Å². The van der Waals surface area contributed by atoms with E-state index in [1.165, 1.54) is 0 Å². The third kappa shape index (κ3) is 3.59. The van der Waals surface area contributed by atoms with E-state index >= 15 is 0 Å². The molecule has 1 atom stereocenters. The molecule has 84 valence electrons. The summed E-state index contributed by atoms with van der Waals surface area (Å²) in [5, 5.41) is 9.43. The molecule has 0 spiro atoms. The molecule has 0 aliphatic rings. The summed E-state index contributed by atoms with van der Waals surface area (Å²) in [6.07, 6.45) is 3.28. The Morgan fingerprint density at radius 3 is 2.47 bits per heavy atom. The molecule has 3 nitrogen and oxygen atoms in total. The van der Waals surface area contributed by atoms with Gasteiger partial charge in [-0.1, -0.05) is 13.8 Å². The number of aliphatic hydroxyl groups excluding tert-OH is 1. The van der Waals surface area contributed by atoms with Crippen molar-refractivity contribution in [2.24, 2.45) is 5.92 Å². The lowest BCUT2D eigenvalue weighted by molar-refractivity contribution is 0.197. The van der Waals surface area contributed by atoms with Crippen molar-refractivity contribution in [3.8, 4) is 0 Å². The summed E-state index contributed by atoms with van der Waals surface area (Å²) in [5.74, 6) is 1.55. The summed E-state index contributed by atoms with van der Waals surface area (Å²) in [6, 6.07) is 0. The fraction of sp³-hybridized carbons (Fsp3) is 0.667. The molecule has 0 aromatic carbocycles. The Labute approximate surface area is 91.6 Å². The van der Waals surface area contributed by atoms with Crippen molar-refractivity contribution in [2.45, 2.75) is 46.6 Å². The van der Waals surface area contributed by atoms with E-state index in [2.05, 4.69) is 23.8 Å². The Bertz CT molecular complexity index is 321. The first-order valence-electron chi connectivity index (χ1n) is 5.51. The summed E-state index contributed by atoms with van der Waals surface area (Å²) in [5.41, 5.74) is 1.71. The number of aliphatic hydroxyl groups is 1. The zero-order valence-electron chi connectivity index (χ0n) is 9.99. The van der Waals surface area contributed by atoms with Crippen LogP contribution in [0.3, 0.4) is 0 Å². The topological polar surface area (TPSA) is 46.0 Å². The van der Waals surface area contributed by atoms with E-state index in [9.17, 15) is 5.11 Å². The van der Waals surface area contributed by atoms with Gasteiger partial charge in [0.15, 0.2) is 0 Å². The van der Waals surface area contributed by atoms with E-state index in [0.717, 1.165) is 29.9 Å². The van der Waals surface area contributed by atoms with Crippen molar-refractivity contribution in [3.05, 3.63) is 23.3 Å². The Hall–Kier alpha value is -0.960. The van der Waals surface area contributed by atoms with Crippen LogP contribution in [0.5, 0.6) is 0 Å². The largest absolute Gasteiger partial charge is 0.389 e. The van der Waals surface area contributed by atoms with Gasteiger partial charge in [0.2, 0.25) is 0 Å². The van der Waals surface area contributed by atoms with Gasteiger partial charge in [0, 0.05) is 23.9 Å². The van der Waals surface area contributed by atoms with Crippen LogP contribution in [-0.4, -0.2) is 15.1 Å². The van der Waals surface area contributed by atoms with Crippen LogP contribution in [0.25, 0.3) is 0 Å². The minimum absolute atomic E-state index is 0.482. The summed E-state index contributed by atoms with van der Waals surface area (Å²) in [6.45, 7) is 8.04. The Balaban J connectivity index is 2.73. The van der Waals surface area contributed by atoms with Crippen LogP contribution in [0.2, 0.25) is 0 Å². The van der Waals surface area contributed by atoms with Crippen LogP contribution in [-0.2, 0) is 6.42 Å². The standard InChI is InChI=1S/C12H20N2O/c1-8(2)5-6-12-13-7-11(10(4)15)9(3)14-12/h7-8,10,15H,5-6H2,1-4H3/t10-/m1/s1. The molecule has 1 N–H and O–H groups in total. The predicted octanol–water partition coefficient (Wildman–Crippen LogP) is 2.43. The maximum Gasteiger partial charge on any atom is 0.128 e. The molecule has 0 bridgehead atoms. The monoisotopic (exact) mass is 208 g/mol. The van der Waals surface area contributed by atoms with Gasteiger partial charge in [-0.05, 0) is 26.2 Å². The Morgan fingerprint density at radius 2 is 2.00 bits per heavy atom. The summed E-state index contributed by atoms with van der Waals surface area (Å²) in [7, 11) is 0. The van der Waals surface area contributed by atoms with Crippen LogP contribution in [0.15, 0.2) is 6.20 Å². The number of rotatable bonds is 4. The second kappa shape index (κ2) is 5.21. The van der Waals surface area contributed by atoms with Gasteiger partial charge in [-0.15, -0.1) is 0 Å². The van der Waals surface area contributed by atoms with E-state index in [4.69, 9.17) is 0 Å². The molecule has 0 radical (unpaired) electrons. The summed E-state index contributed by atoms with van der Waals surface area (Å²) < 4.78 is 0. The van der Waals surface area contributed by atoms with E-state index in [0.29, 0.717) is 5.92 Å². The lowest BCUT2D eigenvalue weighted by Crippen LogP contribution is -2.04. The second-order valence-corrected chi connectivity index (χ2v) is 4.44. The first-order valence-corrected chi connectivity index (χ1v) is 5.51. The predicted molar refractivity (Wildman–Crippen MR) is 60.6 cm³/mol. The molecule has 1 heterocycles. The first-order chi connectivity index (χ1) is 7.00. The second-order valence-electron chi connectivity index (χ2n) is 4.44. The van der Waals surface area contributed by atoms with E-state index in [-0.39, 0.29) is 0 Å². The van der Waals surface area contributed by atoms with Crippen LogP contribution in [0, 0.1) is 12.8 Å². The Morgan fingerprint density at radius 1 is 1.33 bits per heavy atom. The minimum Gasteiger partial charge on any atom is -0.389 e. The van der Waals surface area contributed by atoms with Crippen molar-refractivity contribution < 1.29 is 5.11 Å². The fourth-order valence-electron chi connectivity index (χ4n) is 1.47. The maximum atomic E-state index is 9.43. The quantitative estimate of drug-likeness (QED) is 0.826. The fourth-order valence-corrected chi connectivity index (χ4v) is 1.47. The van der Waals surface area contributed by atoms with E-state index in [1.54, 1.807) is 13.1 Å². The zero-order valence-corrected chi connectivity index (χ0v) is 9.99. The molecule has 15 heavy (non-hydrogen) atoms. The Kier molecular flexibility index (Phi) is 4.21. The number of hydrogen-bond donors (Lipinski definition) is 1. The molecule has 0 unspecified atom stereocenters. The van der Waals surface area contributed by atoms with Crippen LogP contribution in [0.4, 0.5) is 0 Å². The third-order valence-electron chi connectivity index (χ3n) is 2.46. The van der Waals surface area contributed by atoms with Crippen LogP contribution >= 0.6 is 0 Å². The van der Waals surface area contributed by atoms with Gasteiger partial charge in [-0.3, -0.25) is 0 Å². The maximum absolute atomic E-state index is 9.43. The van der Waals surface area contributed by atoms with Crippen LogP contribution < -0.4 is 0 Å². The number of nitrogens with zero attached hydrogens (tertiary/aromatic N) is 2.